The normalized spacial score (nSPS) is 11.0. The van der Waals surface area contributed by atoms with E-state index in [0.29, 0.717) is 11.1 Å². The van der Waals surface area contributed by atoms with Crippen LogP contribution < -0.4 is 11.4 Å². The van der Waals surface area contributed by atoms with Crippen LogP contribution >= 0.6 is 0 Å². The number of rotatable bonds is 6. The number of carbonyl (C=O) groups excluding carboxylic acids is 1. The number of carboxylic acids is 1. The average molecular weight is 415 g/mol. The van der Waals surface area contributed by atoms with Crippen LogP contribution in [0.5, 0.6) is 0 Å². The van der Waals surface area contributed by atoms with E-state index in [0.717, 1.165) is 27.7 Å². The summed E-state index contributed by atoms with van der Waals surface area (Å²) in [4.78, 5) is 35.7. The van der Waals surface area contributed by atoms with E-state index in [2.05, 4.69) is 0 Å². The number of aliphatic carboxylic acids is 1. The molecular formula is C24H21N3O4. The Bertz CT molecular complexity index is 1380. The molecule has 7 heteroatoms. The second-order valence-electron chi connectivity index (χ2n) is 7.42. The van der Waals surface area contributed by atoms with Gasteiger partial charge in [0.05, 0.1) is 24.0 Å². The van der Waals surface area contributed by atoms with Crippen molar-refractivity contribution in [3.8, 4) is 11.1 Å². The van der Waals surface area contributed by atoms with Crippen LogP contribution in [0.25, 0.3) is 22.2 Å². The highest BCUT2D eigenvalue weighted by Crippen LogP contribution is 2.25. The molecule has 0 saturated carbocycles. The number of aromatic nitrogens is 2. The molecule has 0 aliphatic carbocycles. The van der Waals surface area contributed by atoms with Crippen LogP contribution in [0.1, 0.15) is 21.5 Å². The Morgan fingerprint density at radius 2 is 1.61 bits per heavy atom. The van der Waals surface area contributed by atoms with Crippen LogP contribution in [0.15, 0.2) is 71.5 Å². The van der Waals surface area contributed by atoms with Gasteiger partial charge in [0.1, 0.15) is 0 Å². The lowest BCUT2D eigenvalue weighted by atomic mass is 10.0. The summed E-state index contributed by atoms with van der Waals surface area (Å²) in [5, 5.41) is 9.21. The molecule has 0 saturated heterocycles. The van der Waals surface area contributed by atoms with Gasteiger partial charge in [-0.1, -0.05) is 42.5 Å². The van der Waals surface area contributed by atoms with E-state index in [1.54, 1.807) is 46.5 Å². The molecule has 4 aromatic rings. The van der Waals surface area contributed by atoms with E-state index < -0.39 is 11.9 Å². The Kier molecular flexibility index (Phi) is 5.17. The van der Waals surface area contributed by atoms with Gasteiger partial charge in [-0.2, -0.15) is 0 Å². The Balaban J connectivity index is 1.84. The molecule has 0 bridgehead atoms. The zero-order chi connectivity index (χ0) is 22.1. The minimum absolute atomic E-state index is 0.110. The highest BCUT2D eigenvalue weighted by atomic mass is 16.4. The maximum Gasteiger partial charge on any atom is 0.329 e. The Hall–Kier alpha value is -4.13. The van der Waals surface area contributed by atoms with Gasteiger partial charge >= 0.3 is 11.7 Å². The lowest BCUT2D eigenvalue weighted by Gasteiger charge is -2.10. The maximum atomic E-state index is 13.0. The smallest absolute Gasteiger partial charge is 0.329 e. The number of imidazole rings is 1. The fourth-order valence-electron chi connectivity index (χ4n) is 3.81. The molecule has 0 radical (unpaired) electrons. The summed E-state index contributed by atoms with van der Waals surface area (Å²) in [6.45, 7) is 0.254. The van der Waals surface area contributed by atoms with E-state index in [9.17, 15) is 19.5 Å². The molecule has 0 spiro atoms. The molecule has 4 rings (SSSR count). The molecule has 0 aliphatic heterocycles. The van der Waals surface area contributed by atoms with Gasteiger partial charge in [-0.15, -0.1) is 0 Å². The number of carboxylic acid groups (broad SMARTS) is 1. The zero-order valence-electron chi connectivity index (χ0n) is 16.9. The predicted octanol–water partition coefficient (Wildman–Crippen LogP) is 2.78. The topological polar surface area (TPSA) is 107 Å². The maximum absolute atomic E-state index is 13.0. The lowest BCUT2D eigenvalue weighted by Crippen LogP contribution is -2.23. The van der Waals surface area contributed by atoms with E-state index in [1.165, 1.54) is 0 Å². The summed E-state index contributed by atoms with van der Waals surface area (Å²) in [5.41, 5.74) is 10.2. The lowest BCUT2D eigenvalue weighted by molar-refractivity contribution is -0.136. The predicted molar refractivity (Wildman–Crippen MR) is 118 cm³/mol. The number of primary amides is 1. The first-order chi connectivity index (χ1) is 14.8. The molecule has 7 nitrogen and oxygen atoms in total. The highest BCUT2D eigenvalue weighted by molar-refractivity contribution is 5.94. The second kappa shape index (κ2) is 7.95. The van der Waals surface area contributed by atoms with Crippen molar-refractivity contribution < 1.29 is 14.7 Å². The fourth-order valence-corrected chi connectivity index (χ4v) is 3.81. The van der Waals surface area contributed by atoms with Crippen LogP contribution in [-0.4, -0.2) is 26.1 Å². The number of amides is 1. The SMILES string of the molecule is Cn1c(=O)n(Cc2ccccc2CC(=O)O)c2cc(-c3cccc(C(N)=O)c3)ccc21. The van der Waals surface area contributed by atoms with Crippen LogP contribution in [0.2, 0.25) is 0 Å². The van der Waals surface area contributed by atoms with Gasteiger partial charge in [0, 0.05) is 12.6 Å². The third kappa shape index (κ3) is 3.85. The molecule has 3 aromatic carbocycles. The van der Waals surface area contributed by atoms with Crippen LogP contribution in [0.4, 0.5) is 0 Å². The number of nitrogens with zero attached hydrogens (tertiary/aromatic N) is 2. The molecule has 0 fully saturated rings. The van der Waals surface area contributed by atoms with Crippen molar-refractivity contribution in [2.24, 2.45) is 12.8 Å². The average Bonchev–Trinajstić information content (AvgIpc) is 2.99. The molecule has 0 unspecified atom stereocenters. The largest absolute Gasteiger partial charge is 0.481 e. The molecule has 0 aliphatic rings. The molecule has 3 N–H and O–H groups in total. The van der Waals surface area contributed by atoms with E-state index in [4.69, 9.17) is 5.73 Å². The van der Waals surface area contributed by atoms with Gasteiger partial charge in [0.15, 0.2) is 0 Å². The molecule has 1 amide bonds. The first-order valence-electron chi connectivity index (χ1n) is 9.73. The van der Waals surface area contributed by atoms with Crippen molar-refractivity contribution in [1.82, 2.24) is 9.13 Å². The minimum atomic E-state index is -0.922. The van der Waals surface area contributed by atoms with Gasteiger partial charge in [0.25, 0.3) is 0 Å². The monoisotopic (exact) mass is 415 g/mol. The van der Waals surface area contributed by atoms with E-state index in [1.807, 2.05) is 36.4 Å². The number of hydrogen-bond donors (Lipinski definition) is 2. The van der Waals surface area contributed by atoms with Crippen LogP contribution in [0.3, 0.4) is 0 Å². The number of benzene rings is 3. The van der Waals surface area contributed by atoms with Crippen LogP contribution in [-0.2, 0) is 24.8 Å². The summed E-state index contributed by atoms with van der Waals surface area (Å²) in [6, 6.07) is 19.9. The summed E-state index contributed by atoms with van der Waals surface area (Å²) in [7, 11) is 1.71. The number of fused-ring (bicyclic) bond motifs is 1. The molecular weight excluding hydrogens is 394 g/mol. The molecule has 0 atom stereocenters. The highest BCUT2D eigenvalue weighted by Gasteiger charge is 2.15. The Morgan fingerprint density at radius 1 is 0.903 bits per heavy atom. The number of hydrogen-bond acceptors (Lipinski definition) is 3. The van der Waals surface area contributed by atoms with Crippen molar-refractivity contribution in [3.63, 3.8) is 0 Å². The van der Waals surface area contributed by atoms with Crippen molar-refractivity contribution in [1.29, 1.82) is 0 Å². The van der Waals surface area contributed by atoms with E-state index >= 15 is 0 Å². The number of aryl methyl sites for hydroxylation is 1. The first-order valence-corrected chi connectivity index (χ1v) is 9.73. The summed E-state index contributed by atoms with van der Waals surface area (Å²) < 4.78 is 3.20. The third-order valence-electron chi connectivity index (χ3n) is 5.41. The van der Waals surface area contributed by atoms with Gasteiger partial charge in [-0.3, -0.25) is 18.7 Å². The molecule has 156 valence electrons. The standard InChI is InChI=1S/C24H21N3O4/c1-26-20-10-9-17(15-7-4-8-18(11-15)23(25)30)12-21(20)27(24(26)31)14-19-6-3-2-5-16(19)13-22(28)29/h2-12H,13-14H2,1H3,(H2,25,30)(H,28,29). The molecule has 1 heterocycles. The van der Waals surface area contributed by atoms with E-state index in [-0.39, 0.29) is 18.7 Å². The van der Waals surface area contributed by atoms with Crippen molar-refractivity contribution in [2.45, 2.75) is 13.0 Å². The number of nitrogens with two attached hydrogens (primary N) is 1. The Morgan fingerprint density at radius 3 is 2.32 bits per heavy atom. The van der Waals surface area contributed by atoms with Crippen molar-refractivity contribution in [3.05, 3.63) is 93.9 Å². The second-order valence-corrected chi connectivity index (χ2v) is 7.42. The molecule has 1 aromatic heterocycles. The van der Waals surface area contributed by atoms with Gasteiger partial charge in [-0.05, 0) is 46.5 Å². The number of carbonyl (C=O) groups is 2. The Labute approximate surface area is 178 Å². The van der Waals surface area contributed by atoms with Gasteiger partial charge in [0.2, 0.25) is 5.91 Å². The minimum Gasteiger partial charge on any atom is -0.481 e. The van der Waals surface area contributed by atoms with Crippen molar-refractivity contribution in [2.75, 3.05) is 0 Å². The third-order valence-corrected chi connectivity index (χ3v) is 5.41. The quantitative estimate of drug-likeness (QED) is 0.505. The van der Waals surface area contributed by atoms with Gasteiger partial charge in [-0.25, -0.2) is 4.79 Å². The zero-order valence-corrected chi connectivity index (χ0v) is 16.9. The summed E-state index contributed by atoms with van der Waals surface area (Å²) in [6.07, 6.45) is -0.110. The van der Waals surface area contributed by atoms with Crippen molar-refractivity contribution >= 4 is 22.9 Å². The fraction of sp³-hybridized carbons (Fsp3) is 0.125. The summed E-state index contributed by atoms with van der Waals surface area (Å²) >= 11 is 0. The van der Waals surface area contributed by atoms with Crippen LogP contribution in [0, 0.1) is 0 Å². The summed E-state index contributed by atoms with van der Waals surface area (Å²) in [5.74, 6) is -1.43. The van der Waals surface area contributed by atoms with Gasteiger partial charge < -0.3 is 10.8 Å². The molecule has 31 heavy (non-hydrogen) atoms. The first kappa shape index (κ1) is 20.2.